The average molecular weight is 480 g/mol. The van der Waals surface area contributed by atoms with Crippen LogP contribution in [0.5, 0.6) is 11.5 Å². The van der Waals surface area contributed by atoms with E-state index in [0.29, 0.717) is 30.5 Å². The van der Waals surface area contributed by atoms with Gasteiger partial charge in [-0.3, -0.25) is 14.7 Å². The summed E-state index contributed by atoms with van der Waals surface area (Å²) in [5, 5.41) is 0.576. The summed E-state index contributed by atoms with van der Waals surface area (Å²) < 4.78 is 11.8. The van der Waals surface area contributed by atoms with Crippen molar-refractivity contribution in [2.75, 3.05) is 19.7 Å². The van der Waals surface area contributed by atoms with Gasteiger partial charge in [0.05, 0.1) is 6.54 Å². The molecule has 1 aliphatic rings. The Balaban J connectivity index is 1.43. The van der Waals surface area contributed by atoms with E-state index in [-0.39, 0.29) is 5.91 Å². The van der Waals surface area contributed by atoms with Crippen LogP contribution in [0.2, 0.25) is 5.02 Å². The van der Waals surface area contributed by atoms with Crippen LogP contribution in [-0.4, -0.2) is 46.5 Å². The van der Waals surface area contributed by atoms with E-state index in [2.05, 4.69) is 28.9 Å². The van der Waals surface area contributed by atoms with Crippen LogP contribution >= 0.6 is 11.6 Å². The average Bonchev–Trinajstić information content (AvgIpc) is 3.06. The van der Waals surface area contributed by atoms with E-state index in [1.807, 2.05) is 30.6 Å². The number of hydrogen-bond donors (Lipinski definition) is 0. The fraction of sp³-hybridized carbons (Fsp3) is 0.333. The van der Waals surface area contributed by atoms with Crippen molar-refractivity contribution in [3.8, 4) is 11.5 Å². The standard InChI is InChI=1S/C27H30ClN3O3/c1-3-30(17-21-9-11-29-12-10-21)18-22-7-8-26-23(15-22)19-31(13-14-33-26)27(32)20(2)34-25-6-4-5-24(28)16-25/h4-12,15-16,20H,3,13-14,17-19H2,1-2H3. The number of halogens is 1. The van der Waals surface area contributed by atoms with Crippen molar-refractivity contribution in [2.24, 2.45) is 0 Å². The van der Waals surface area contributed by atoms with Gasteiger partial charge in [0.2, 0.25) is 0 Å². The number of amides is 1. The lowest BCUT2D eigenvalue weighted by molar-refractivity contribution is -0.138. The number of nitrogens with zero attached hydrogens (tertiary/aromatic N) is 3. The van der Waals surface area contributed by atoms with Crippen LogP contribution in [0.4, 0.5) is 0 Å². The van der Waals surface area contributed by atoms with Crippen LogP contribution in [0.25, 0.3) is 0 Å². The van der Waals surface area contributed by atoms with Gasteiger partial charge in [0.25, 0.3) is 5.91 Å². The summed E-state index contributed by atoms with van der Waals surface area (Å²) in [6, 6.07) is 17.5. The fourth-order valence-electron chi connectivity index (χ4n) is 4.07. The lowest BCUT2D eigenvalue weighted by atomic mass is 10.1. The van der Waals surface area contributed by atoms with E-state index in [0.717, 1.165) is 30.9 Å². The van der Waals surface area contributed by atoms with Crippen LogP contribution in [-0.2, 0) is 24.4 Å². The molecule has 1 aromatic heterocycles. The molecule has 1 amide bonds. The lowest BCUT2D eigenvalue weighted by Crippen LogP contribution is -2.41. The third-order valence-electron chi connectivity index (χ3n) is 5.88. The first kappa shape index (κ1) is 24.0. The van der Waals surface area contributed by atoms with E-state index in [9.17, 15) is 4.79 Å². The number of carbonyl (C=O) groups is 1. The Morgan fingerprint density at radius 3 is 2.71 bits per heavy atom. The first-order chi connectivity index (χ1) is 16.5. The monoisotopic (exact) mass is 479 g/mol. The van der Waals surface area contributed by atoms with Crippen LogP contribution in [0.15, 0.2) is 67.0 Å². The zero-order valence-corrected chi connectivity index (χ0v) is 20.4. The van der Waals surface area contributed by atoms with Crippen molar-refractivity contribution in [3.63, 3.8) is 0 Å². The number of pyridine rings is 1. The molecule has 34 heavy (non-hydrogen) atoms. The van der Waals surface area contributed by atoms with Gasteiger partial charge >= 0.3 is 0 Å². The second-order valence-corrected chi connectivity index (χ2v) is 8.86. The highest BCUT2D eigenvalue weighted by Crippen LogP contribution is 2.26. The van der Waals surface area contributed by atoms with Crippen molar-refractivity contribution in [3.05, 3.63) is 88.7 Å². The Morgan fingerprint density at radius 1 is 1.15 bits per heavy atom. The molecule has 0 spiro atoms. The minimum atomic E-state index is -0.626. The molecule has 1 aliphatic heterocycles. The fourth-order valence-corrected chi connectivity index (χ4v) is 4.25. The molecule has 178 valence electrons. The lowest BCUT2D eigenvalue weighted by Gasteiger charge is -2.24. The van der Waals surface area contributed by atoms with Gasteiger partial charge in [-0.05, 0) is 67.1 Å². The molecule has 0 fully saturated rings. The van der Waals surface area contributed by atoms with Crippen molar-refractivity contribution < 1.29 is 14.3 Å². The third-order valence-corrected chi connectivity index (χ3v) is 6.12. The van der Waals surface area contributed by atoms with Gasteiger partial charge in [-0.25, -0.2) is 0 Å². The molecular formula is C27H30ClN3O3. The van der Waals surface area contributed by atoms with Gasteiger partial charge < -0.3 is 14.4 Å². The molecule has 0 aliphatic carbocycles. The minimum Gasteiger partial charge on any atom is -0.491 e. The molecule has 1 unspecified atom stereocenters. The van der Waals surface area contributed by atoms with Crippen molar-refractivity contribution in [2.45, 2.75) is 39.6 Å². The Kier molecular flexibility index (Phi) is 8.03. The molecule has 7 heteroatoms. The molecule has 2 aromatic carbocycles. The maximum Gasteiger partial charge on any atom is 0.263 e. The van der Waals surface area contributed by atoms with E-state index in [1.165, 1.54) is 11.1 Å². The Morgan fingerprint density at radius 2 is 1.94 bits per heavy atom. The maximum atomic E-state index is 13.2. The van der Waals surface area contributed by atoms with Crippen LogP contribution in [0.1, 0.15) is 30.5 Å². The Labute approximate surface area is 206 Å². The molecule has 3 aromatic rings. The first-order valence-corrected chi connectivity index (χ1v) is 12.0. The zero-order chi connectivity index (χ0) is 23.9. The second-order valence-electron chi connectivity index (χ2n) is 8.43. The van der Waals surface area contributed by atoms with Crippen LogP contribution in [0.3, 0.4) is 0 Å². The molecule has 0 N–H and O–H groups in total. The second kappa shape index (κ2) is 11.4. The Hall–Kier alpha value is -3.09. The van der Waals surface area contributed by atoms with Gasteiger partial charge in [0.1, 0.15) is 18.1 Å². The number of aromatic nitrogens is 1. The van der Waals surface area contributed by atoms with Crippen LogP contribution < -0.4 is 9.47 Å². The van der Waals surface area contributed by atoms with E-state index < -0.39 is 6.10 Å². The van der Waals surface area contributed by atoms with E-state index >= 15 is 0 Å². The van der Waals surface area contributed by atoms with Gasteiger partial charge in [-0.15, -0.1) is 0 Å². The highest BCUT2D eigenvalue weighted by atomic mass is 35.5. The van der Waals surface area contributed by atoms with Crippen LogP contribution in [0, 0.1) is 0 Å². The maximum absolute atomic E-state index is 13.2. The molecule has 6 nitrogen and oxygen atoms in total. The number of hydrogen-bond acceptors (Lipinski definition) is 5. The van der Waals surface area contributed by atoms with E-state index in [4.69, 9.17) is 21.1 Å². The number of carbonyl (C=O) groups excluding carboxylic acids is 1. The van der Waals surface area contributed by atoms with Gasteiger partial charge in [-0.1, -0.05) is 30.7 Å². The summed E-state index contributed by atoms with van der Waals surface area (Å²) in [7, 11) is 0. The molecule has 0 bridgehead atoms. The predicted molar refractivity (Wildman–Crippen MR) is 133 cm³/mol. The highest BCUT2D eigenvalue weighted by molar-refractivity contribution is 6.30. The molecule has 4 rings (SSSR count). The number of ether oxygens (including phenoxy) is 2. The highest BCUT2D eigenvalue weighted by Gasteiger charge is 2.25. The normalized spacial score (nSPS) is 14.2. The molecule has 0 saturated carbocycles. The summed E-state index contributed by atoms with van der Waals surface area (Å²) in [5.74, 6) is 1.34. The zero-order valence-electron chi connectivity index (χ0n) is 19.6. The van der Waals surface area contributed by atoms with E-state index in [1.54, 1.807) is 36.1 Å². The third kappa shape index (κ3) is 6.27. The summed E-state index contributed by atoms with van der Waals surface area (Å²) in [4.78, 5) is 21.4. The number of fused-ring (bicyclic) bond motifs is 1. The first-order valence-electron chi connectivity index (χ1n) is 11.6. The summed E-state index contributed by atoms with van der Waals surface area (Å²) in [5.41, 5.74) is 3.44. The van der Waals surface area contributed by atoms with Gasteiger partial charge in [-0.2, -0.15) is 0 Å². The number of benzene rings is 2. The quantitative estimate of drug-likeness (QED) is 0.457. The van der Waals surface area contributed by atoms with Crippen molar-refractivity contribution >= 4 is 17.5 Å². The SMILES string of the molecule is CCN(Cc1ccncc1)Cc1ccc2c(c1)CN(C(=O)C(C)Oc1cccc(Cl)c1)CCO2. The Bertz CT molecular complexity index is 1110. The van der Waals surface area contributed by atoms with Gasteiger partial charge in [0, 0.05) is 42.6 Å². The summed E-state index contributed by atoms with van der Waals surface area (Å²) in [6.45, 7) is 7.98. The molecule has 2 heterocycles. The van der Waals surface area contributed by atoms with Crippen molar-refractivity contribution in [1.82, 2.24) is 14.8 Å². The molecule has 0 radical (unpaired) electrons. The molecule has 1 atom stereocenters. The smallest absolute Gasteiger partial charge is 0.263 e. The molecule has 0 saturated heterocycles. The summed E-state index contributed by atoms with van der Waals surface area (Å²) in [6.07, 6.45) is 3.02. The predicted octanol–water partition coefficient (Wildman–Crippen LogP) is 4.95. The minimum absolute atomic E-state index is 0.0744. The van der Waals surface area contributed by atoms with Crippen molar-refractivity contribution in [1.29, 1.82) is 0 Å². The number of rotatable bonds is 8. The largest absolute Gasteiger partial charge is 0.491 e. The topological polar surface area (TPSA) is 54.9 Å². The van der Waals surface area contributed by atoms with Gasteiger partial charge in [0.15, 0.2) is 6.10 Å². The summed E-state index contributed by atoms with van der Waals surface area (Å²) >= 11 is 6.04. The molecular weight excluding hydrogens is 450 g/mol.